The molecule has 0 aliphatic carbocycles. The van der Waals surface area contributed by atoms with E-state index in [1.54, 1.807) is 24.6 Å². The predicted octanol–water partition coefficient (Wildman–Crippen LogP) is 3.75. The van der Waals surface area contributed by atoms with Gasteiger partial charge < -0.3 is 4.42 Å². The summed E-state index contributed by atoms with van der Waals surface area (Å²) in [6.07, 6.45) is 7.04. The highest BCUT2D eigenvalue weighted by Gasteiger charge is 2.09. The first kappa shape index (κ1) is 13.3. The van der Waals surface area contributed by atoms with E-state index >= 15 is 0 Å². The number of hydrogen-bond acceptors (Lipinski definition) is 4. The molecule has 3 aromatic rings. The van der Waals surface area contributed by atoms with Crippen LogP contribution in [0.1, 0.15) is 5.56 Å². The van der Waals surface area contributed by atoms with Gasteiger partial charge in [-0.15, -0.1) is 5.10 Å². The van der Waals surface area contributed by atoms with Crippen molar-refractivity contribution < 1.29 is 4.42 Å². The zero-order valence-electron chi connectivity index (χ0n) is 11.0. The Hall–Kier alpha value is -2.73. The Morgan fingerprint density at radius 2 is 2.05 bits per heavy atom. The summed E-state index contributed by atoms with van der Waals surface area (Å²) < 4.78 is 7.23. The first-order chi connectivity index (χ1) is 10.3. The van der Waals surface area contributed by atoms with Crippen molar-refractivity contribution in [1.82, 2.24) is 14.9 Å². The third-order valence-corrected chi connectivity index (χ3v) is 3.01. The second-order valence-corrected chi connectivity index (χ2v) is 4.56. The van der Waals surface area contributed by atoms with Gasteiger partial charge >= 0.3 is 0 Å². The van der Waals surface area contributed by atoms with Crippen molar-refractivity contribution in [3.8, 4) is 11.6 Å². The fraction of sp³-hybridized carbons (Fsp3) is 0. The van der Waals surface area contributed by atoms with Gasteiger partial charge in [-0.3, -0.25) is 0 Å². The number of nitrogens with one attached hydrogen (secondary N) is 1. The third-order valence-electron chi connectivity index (χ3n) is 2.75. The molecule has 0 spiro atoms. The number of rotatable bonds is 4. The Morgan fingerprint density at radius 1 is 1.19 bits per heavy atom. The van der Waals surface area contributed by atoms with Crippen LogP contribution in [0.15, 0.2) is 64.3 Å². The summed E-state index contributed by atoms with van der Waals surface area (Å²) in [6, 6.07) is 13.6. The molecular weight excluding hydrogens is 284 g/mol. The highest BCUT2D eigenvalue weighted by molar-refractivity contribution is 7.71. The Labute approximate surface area is 126 Å². The van der Waals surface area contributed by atoms with Gasteiger partial charge in [0.25, 0.3) is 0 Å². The molecule has 0 bridgehead atoms. The van der Waals surface area contributed by atoms with Crippen molar-refractivity contribution in [2.45, 2.75) is 0 Å². The average Bonchev–Trinajstić information content (AvgIpc) is 3.15. The second-order valence-electron chi connectivity index (χ2n) is 4.18. The van der Waals surface area contributed by atoms with Crippen molar-refractivity contribution in [2.75, 3.05) is 0 Å². The molecule has 0 fully saturated rings. The number of aromatic nitrogens is 3. The van der Waals surface area contributed by atoms with E-state index in [0.717, 1.165) is 5.56 Å². The number of benzene rings is 1. The van der Waals surface area contributed by atoms with Gasteiger partial charge in [0, 0.05) is 6.21 Å². The molecule has 0 saturated carbocycles. The molecule has 5 nitrogen and oxygen atoms in total. The maximum atomic E-state index is 5.31. The van der Waals surface area contributed by atoms with Gasteiger partial charge in [-0.2, -0.15) is 9.78 Å². The van der Waals surface area contributed by atoms with Crippen LogP contribution < -0.4 is 0 Å². The minimum atomic E-state index is 0.408. The molecule has 0 radical (unpaired) electrons. The van der Waals surface area contributed by atoms with E-state index in [2.05, 4.69) is 15.3 Å². The van der Waals surface area contributed by atoms with Crippen LogP contribution in [-0.2, 0) is 0 Å². The van der Waals surface area contributed by atoms with Crippen molar-refractivity contribution in [3.05, 3.63) is 65.1 Å². The molecule has 21 heavy (non-hydrogen) atoms. The molecule has 2 heterocycles. The summed E-state index contributed by atoms with van der Waals surface area (Å²) in [7, 11) is 0. The number of furan rings is 1. The van der Waals surface area contributed by atoms with Gasteiger partial charge in [-0.05, 0) is 36.0 Å². The summed E-state index contributed by atoms with van der Waals surface area (Å²) in [5.74, 6) is 1.14. The van der Waals surface area contributed by atoms with Crippen molar-refractivity contribution in [2.24, 2.45) is 5.10 Å². The van der Waals surface area contributed by atoms with Crippen LogP contribution >= 0.6 is 12.2 Å². The van der Waals surface area contributed by atoms with Crippen LogP contribution in [0.5, 0.6) is 0 Å². The molecule has 0 saturated heterocycles. The van der Waals surface area contributed by atoms with Gasteiger partial charge in [0.1, 0.15) is 0 Å². The van der Waals surface area contributed by atoms with Crippen LogP contribution in [0.3, 0.4) is 0 Å². The lowest BCUT2D eigenvalue weighted by molar-refractivity contribution is 0.573. The molecule has 6 heteroatoms. The average molecular weight is 296 g/mol. The fourth-order valence-corrected chi connectivity index (χ4v) is 1.97. The highest BCUT2D eigenvalue weighted by Crippen LogP contribution is 2.17. The van der Waals surface area contributed by atoms with Gasteiger partial charge in [-0.1, -0.05) is 36.4 Å². The molecule has 0 atom stereocenters. The van der Waals surface area contributed by atoms with Crippen molar-refractivity contribution in [1.29, 1.82) is 0 Å². The largest absolute Gasteiger partial charge is 0.461 e. The van der Waals surface area contributed by atoms with Crippen molar-refractivity contribution >= 4 is 24.5 Å². The molecule has 0 amide bonds. The summed E-state index contributed by atoms with van der Waals surface area (Å²) >= 11 is 5.16. The molecule has 1 aromatic carbocycles. The Balaban J connectivity index is 1.82. The molecule has 3 rings (SSSR count). The molecule has 0 aliphatic rings. The monoisotopic (exact) mass is 296 g/mol. The summed E-state index contributed by atoms with van der Waals surface area (Å²) in [4.78, 5) is 0. The molecule has 1 N–H and O–H groups in total. The quantitative estimate of drug-likeness (QED) is 0.589. The lowest BCUT2D eigenvalue weighted by Crippen LogP contribution is -1.92. The number of aromatic amines is 1. The van der Waals surface area contributed by atoms with Crippen LogP contribution in [-0.4, -0.2) is 21.1 Å². The van der Waals surface area contributed by atoms with E-state index < -0.39 is 0 Å². The number of H-pyrrole nitrogens is 1. The minimum absolute atomic E-state index is 0.408. The first-order valence-electron chi connectivity index (χ1n) is 6.32. The zero-order valence-corrected chi connectivity index (χ0v) is 11.8. The predicted molar refractivity (Wildman–Crippen MR) is 84.5 cm³/mol. The van der Waals surface area contributed by atoms with Crippen LogP contribution in [0.25, 0.3) is 17.7 Å². The lowest BCUT2D eigenvalue weighted by Gasteiger charge is -1.95. The molecule has 0 aliphatic heterocycles. The topological polar surface area (TPSA) is 59.1 Å². The van der Waals surface area contributed by atoms with Gasteiger partial charge in [0.15, 0.2) is 5.76 Å². The lowest BCUT2D eigenvalue weighted by atomic mass is 10.2. The third kappa shape index (κ3) is 3.06. The summed E-state index contributed by atoms with van der Waals surface area (Å²) in [5.41, 5.74) is 1.10. The number of hydrogen-bond donors (Lipinski definition) is 1. The van der Waals surface area contributed by atoms with E-state index in [0.29, 0.717) is 16.4 Å². The minimum Gasteiger partial charge on any atom is -0.461 e. The fourth-order valence-electron chi connectivity index (χ4n) is 1.79. The van der Waals surface area contributed by atoms with E-state index in [9.17, 15) is 0 Å². The standard InChI is InChI=1S/C15H12N4OS/c21-15-18-17-14(13-9-5-11-20-13)19(15)16-10-4-8-12-6-2-1-3-7-12/h1-11H,(H,18,21)/b8-4+,16-10-. The van der Waals surface area contributed by atoms with Gasteiger partial charge in [0.2, 0.25) is 10.6 Å². The smallest absolute Gasteiger partial charge is 0.219 e. The van der Waals surface area contributed by atoms with Gasteiger partial charge in [-0.25, -0.2) is 5.10 Å². The Kier molecular flexibility index (Phi) is 3.88. The Bertz CT molecular complexity index is 813. The molecular formula is C15H12N4OS. The number of allylic oxidation sites excluding steroid dienone is 1. The van der Waals surface area contributed by atoms with E-state index in [-0.39, 0.29) is 0 Å². The second kappa shape index (κ2) is 6.15. The van der Waals surface area contributed by atoms with E-state index in [1.165, 1.54) is 4.68 Å². The molecule has 2 aromatic heterocycles. The van der Waals surface area contributed by atoms with Gasteiger partial charge in [0.05, 0.1) is 6.26 Å². The first-order valence-corrected chi connectivity index (χ1v) is 6.73. The highest BCUT2D eigenvalue weighted by atomic mass is 32.1. The molecule has 0 unspecified atom stereocenters. The Morgan fingerprint density at radius 3 is 2.81 bits per heavy atom. The van der Waals surface area contributed by atoms with Crippen LogP contribution in [0, 0.1) is 4.77 Å². The van der Waals surface area contributed by atoms with Crippen LogP contribution in [0.4, 0.5) is 0 Å². The maximum Gasteiger partial charge on any atom is 0.219 e. The van der Waals surface area contributed by atoms with Crippen molar-refractivity contribution in [3.63, 3.8) is 0 Å². The van der Waals surface area contributed by atoms with E-state index in [4.69, 9.17) is 16.6 Å². The zero-order chi connectivity index (χ0) is 14.5. The maximum absolute atomic E-state index is 5.31. The molecule has 104 valence electrons. The summed E-state index contributed by atoms with van der Waals surface area (Å²) in [6.45, 7) is 0. The summed E-state index contributed by atoms with van der Waals surface area (Å²) in [5, 5.41) is 11.1. The van der Waals surface area contributed by atoms with E-state index in [1.807, 2.05) is 42.5 Å². The van der Waals surface area contributed by atoms with Crippen LogP contribution in [0.2, 0.25) is 0 Å². The normalized spacial score (nSPS) is 11.6. The SMILES string of the molecule is S=c1[nH]nc(-c2ccco2)n1/N=C\C=C\c1ccccc1. The number of nitrogens with zero attached hydrogens (tertiary/aromatic N) is 3.